The second-order valence-electron chi connectivity index (χ2n) is 4.86. The van der Waals surface area contributed by atoms with E-state index in [2.05, 4.69) is 10.7 Å². The molecular weight excluding hydrogens is 258 g/mol. The van der Waals surface area contributed by atoms with Crippen molar-refractivity contribution in [3.05, 3.63) is 35.9 Å². The maximum Gasteiger partial charge on any atom is 0.330 e. The Labute approximate surface area is 117 Å². The molecule has 0 aliphatic carbocycles. The Balaban J connectivity index is 1.88. The van der Waals surface area contributed by atoms with E-state index in [9.17, 15) is 14.7 Å². The number of carbonyl (C=O) groups is 2. The van der Waals surface area contributed by atoms with Crippen molar-refractivity contribution in [2.45, 2.75) is 25.3 Å². The third-order valence-electron chi connectivity index (χ3n) is 3.25. The van der Waals surface area contributed by atoms with Gasteiger partial charge in [0.2, 0.25) is 0 Å². The van der Waals surface area contributed by atoms with Crippen molar-refractivity contribution in [1.82, 2.24) is 15.8 Å². The van der Waals surface area contributed by atoms with E-state index in [1.807, 2.05) is 30.3 Å². The minimum absolute atomic E-state index is 0.267. The van der Waals surface area contributed by atoms with Crippen LogP contribution in [-0.4, -0.2) is 41.2 Å². The predicted octanol–water partition coefficient (Wildman–Crippen LogP) is 0.992. The maximum absolute atomic E-state index is 11.8. The van der Waals surface area contributed by atoms with Gasteiger partial charge < -0.3 is 10.4 Å². The number of carbonyl (C=O) groups excluding carboxylic acids is 1. The molecule has 108 valence electrons. The van der Waals surface area contributed by atoms with E-state index in [0.29, 0.717) is 0 Å². The first-order valence-corrected chi connectivity index (χ1v) is 6.74. The summed E-state index contributed by atoms with van der Waals surface area (Å²) in [6.07, 6.45) is 2.36. The van der Waals surface area contributed by atoms with Crippen LogP contribution in [0.1, 0.15) is 18.4 Å². The van der Waals surface area contributed by atoms with Crippen molar-refractivity contribution in [2.75, 3.05) is 13.1 Å². The summed E-state index contributed by atoms with van der Waals surface area (Å²) in [5.41, 5.74) is 3.55. The number of carboxylic acid groups (broad SMARTS) is 1. The molecule has 6 heteroatoms. The van der Waals surface area contributed by atoms with E-state index in [1.165, 1.54) is 0 Å². The first kappa shape index (κ1) is 14.3. The molecule has 0 aromatic heterocycles. The minimum Gasteiger partial charge on any atom is -0.480 e. The first-order valence-electron chi connectivity index (χ1n) is 6.74. The summed E-state index contributed by atoms with van der Waals surface area (Å²) in [7, 11) is 0. The molecule has 1 aliphatic heterocycles. The maximum atomic E-state index is 11.8. The molecule has 1 aromatic rings. The lowest BCUT2D eigenvalue weighted by Gasteiger charge is -2.20. The second kappa shape index (κ2) is 6.91. The van der Waals surface area contributed by atoms with E-state index in [4.69, 9.17) is 0 Å². The van der Waals surface area contributed by atoms with E-state index in [0.717, 1.165) is 31.5 Å². The summed E-state index contributed by atoms with van der Waals surface area (Å²) < 4.78 is 0. The number of hydrogen-bond donors (Lipinski definition) is 3. The van der Waals surface area contributed by atoms with Gasteiger partial charge in [0.25, 0.3) is 0 Å². The SMILES string of the molecule is O=C(N[C@@H](Cc1ccccc1)C(=O)O)NN1CCCC1. The zero-order valence-electron chi connectivity index (χ0n) is 11.2. The lowest BCUT2D eigenvalue weighted by molar-refractivity contribution is -0.139. The molecule has 0 bridgehead atoms. The summed E-state index contributed by atoms with van der Waals surface area (Å²) >= 11 is 0. The lowest BCUT2D eigenvalue weighted by atomic mass is 10.1. The fraction of sp³-hybridized carbons (Fsp3) is 0.429. The Morgan fingerprint density at radius 3 is 2.45 bits per heavy atom. The van der Waals surface area contributed by atoms with Crippen LogP contribution in [0.4, 0.5) is 4.79 Å². The smallest absolute Gasteiger partial charge is 0.330 e. The number of amides is 2. The molecule has 1 atom stereocenters. The van der Waals surface area contributed by atoms with Gasteiger partial charge in [-0.25, -0.2) is 14.6 Å². The van der Waals surface area contributed by atoms with Crippen LogP contribution in [0.15, 0.2) is 30.3 Å². The van der Waals surface area contributed by atoms with Gasteiger partial charge in [0.05, 0.1) is 0 Å². The van der Waals surface area contributed by atoms with Crippen molar-refractivity contribution in [3.8, 4) is 0 Å². The van der Waals surface area contributed by atoms with Crippen LogP contribution in [0, 0.1) is 0 Å². The van der Waals surface area contributed by atoms with Gasteiger partial charge in [0, 0.05) is 19.5 Å². The third-order valence-corrected chi connectivity index (χ3v) is 3.25. The molecule has 1 saturated heterocycles. The highest BCUT2D eigenvalue weighted by molar-refractivity contribution is 5.82. The number of carboxylic acids is 1. The Morgan fingerprint density at radius 2 is 1.85 bits per heavy atom. The first-order chi connectivity index (χ1) is 9.65. The van der Waals surface area contributed by atoms with Crippen LogP contribution < -0.4 is 10.7 Å². The molecule has 2 amide bonds. The number of aliphatic carboxylic acids is 1. The van der Waals surface area contributed by atoms with Gasteiger partial charge in [-0.15, -0.1) is 0 Å². The van der Waals surface area contributed by atoms with Crippen LogP contribution >= 0.6 is 0 Å². The van der Waals surface area contributed by atoms with Gasteiger partial charge in [0.1, 0.15) is 6.04 Å². The van der Waals surface area contributed by atoms with Gasteiger partial charge in [-0.1, -0.05) is 30.3 Å². The molecule has 1 aliphatic rings. The molecule has 6 nitrogen and oxygen atoms in total. The van der Waals surface area contributed by atoms with Crippen LogP contribution in [0.25, 0.3) is 0 Å². The molecule has 3 N–H and O–H groups in total. The highest BCUT2D eigenvalue weighted by Crippen LogP contribution is 2.05. The molecule has 1 aromatic carbocycles. The highest BCUT2D eigenvalue weighted by Gasteiger charge is 2.22. The zero-order chi connectivity index (χ0) is 14.4. The van der Waals surface area contributed by atoms with Crippen LogP contribution in [0.3, 0.4) is 0 Å². The standard InChI is InChI=1S/C14H19N3O3/c18-13(19)12(10-11-6-2-1-3-7-11)15-14(20)16-17-8-4-5-9-17/h1-3,6-7,12H,4-5,8-10H2,(H,18,19)(H2,15,16,20)/t12-/m0/s1. The third kappa shape index (κ3) is 4.24. The number of urea groups is 1. The molecule has 2 rings (SSSR count). The number of rotatable bonds is 5. The monoisotopic (exact) mass is 277 g/mol. The van der Waals surface area contributed by atoms with Crippen molar-refractivity contribution in [2.24, 2.45) is 0 Å². The fourth-order valence-electron chi connectivity index (χ4n) is 2.21. The van der Waals surface area contributed by atoms with Gasteiger partial charge in [-0.05, 0) is 18.4 Å². The Bertz CT molecular complexity index is 458. The molecule has 20 heavy (non-hydrogen) atoms. The summed E-state index contributed by atoms with van der Waals surface area (Å²) in [4.78, 5) is 23.0. The molecule has 0 radical (unpaired) electrons. The number of nitrogens with one attached hydrogen (secondary N) is 2. The molecular formula is C14H19N3O3. The lowest BCUT2D eigenvalue weighted by Crippen LogP contribution is -2.51. The predicted molar refractivity (Wildman–Crippen MR) is 74.0 cm³/mol. The number of hydrogen-bond acceptors (Lipinski definition) is 3. The quantitative estimate of drug-likeness (QED) is 0.749. The number of benzene rings is 1. The van der Waals surface area contributed by atoms with Gasteiger partial charge in [-0.3, -0.25) is 5.43 Å². The van der Waals surface area contributed by atoms with E-state index in [1.54, 1.807) is 5.01 Å². The van der Waals surface area contributed by atoms with Crippen molar-refractivity contribution < 1.29 is 14.7 Å². The molecule has 0 saturated carbocycles. The minimum atomic E-state index is -1.04. The van der Waals surface area contributed by atoms with Crippen molar-refractivity contribution in [1.29, 1.82) is 0 Å². The molecule has 1 fully saturated rings. The average Bonchev–Trinajstić information content (AvgIpc) is 2.92. The van der Waals surface area contributed by atoms with Gasteiger partial charge >= 0.3 is 12.0 Å². The van der Waals surface area contributed by atoms with Crippen LogP contribution in [-0.2, 0) is 11.2 Å². The highest BCUT2D eigenvalue weighted by atomic mass is 16.4. The van der Waals surface area contributed by atoms with Crippen molar-refractivity contribution >= 4 is 12.0 Å². The summed E-state index contributed by atoms with van der Waals surface area (Å²) in [5.74, 6) is -1.04. The summed E-state index contributed by atoms with van der Waals surface area (Å²) in [6, 6.07) is 7.85. The summed E-state index contributed by atoms with van der Waals surface area (Å²) in [5, 5.41) is 13.5. The van der Waals surface area contributed by atoms with E-state index < -0.39 is 18.0 Å². The normalized spacial score (nSPS) is 16.6. The molecule has 1 heterocycles. The summed E-state index contributed by atoms with van der Waals surface area (Å²) in [6.45, 7) is 1.62. The van der Waals surface area contributed by atoms with E-state index >= 15 is 0 Å². The van der Waals surface area contributed by atoms with Crippen LogP contribution in [0.5, 0.6) is 0 Å². The average molecular weight is 277 g/mol. The van der Waals surface area contributed by atoms with Gasteiger partial charge in [0.15, 0.2) is 0 Å². The Hall–Kier alpha value is -2.08. The van der Waals surface area contributed by atoms with E-state index in [-0.39, 0.29) is 6.42 Å². The molecule has 0 spiro atoms. The number of nitrogens with zero attached hydrogens (tertiary/aromatic N) is 1. The Kier molecular flexibility index (Phi) is 4.95. The largest absolute Gasteiger partial charge is 0.480 e. The Morgan fingerprint density at radius 1 is 1.20 bits per heavy atom. The zero-order valence-corrected chi connectivity index (χ0v) is 11.2. The fourth-order valence-corrected chi connectivity index (χ4v) is 2.21. The topological polar surface area (TPSA) is 81.7 Å². The number of hydrazine groups is 1. The van der Waals surface area contributed by atoms with Gasteiger partial charge in [-0.2, -0.15) is 0 Å². The molecule has 0 unspecified atom stereocenters. The van der Waals surface area contributed by atoms with Crippen molar-refractivity contribution in [3.63, 3.8) is 0 Å². The second-order valence-corrected chi connectivity index (χ2v) is 4.86. The van der Waals surface area contributed by atoms with Crippen LogP contribution in [0.2, 0.25) is 0 Å².